The summed E-state index contributed by atoms with van der Waals surface area (Å²) in [6, 6.07) is 0. The Morgan fingerprint density at radius 3 is 1.55 bits per heavy atom. The van der Waals surface area contributed by atoms with E-state index in [1.165, 1.54) is 6.92 Å². The lowest BCUT2D eigenvalue weighted by atomic mass is 10.9. The normalized spacial score (nSPS) is 15.0. The van der Waals surface area contributed by atoms with Gasteiger partial charge >= 0.3 is 9.05 Å². The van der Waals surface area contributed by atoms with E-state index in [1.807, 2.05) is 0 Å². The molecule has 0 rings (SSSR count). The van der Waals surface area contributed by atoms with E-state index < -0.39 is 14.6 Å². The molecule has 1 unspecified atom stereocenters. The molecule has 0 bridgehead atoms. The molecule has 68 valence electrons. The second-order valence-corrected chi connectivity index (χ2v) is 5.09. The molecule has 0 fully saturated rings. The van der Waals surface area contributed by atoms with E-state index in [4.69, 9.17) is 51.6 Å². The van der Waals surface area contributed by atoms with Crippen molar-refractivity contribution in [2.24, 2.45) is 0 Å². The summed E-state index contributed by atoms with van der Waals surface area (Å²) < 4.78 is 17.2. The minimum absolute atomic E-state index is 0.738. The van der Waals surface area contributed by atoms with Gasteiger partial charge in [0.25, 0.3) is 0 Å². The van der Waals surface area contributed by atoms with Crippen molar-refractivity contribution >= 4 is 56.2 Å². The Hall–Kier alpha value is 1.22. The number of hydrogen-bond acceptors (Lipinski definition) is 4. The van der Waals surface area contributed by atoms with E-state index in [9.17, 15) is 0 Å². The van der Waals surface area contributed by atoms with Gasteiger partial charge in [0, 0.05) is 0 Å². The lowest BCUT2D eigenvalue weighted by Gasteiger charge is -2.18. The molecule has 0 radical (unpaired) electrons. The lowest BCUT2D eigenvalue weighted by Crippen LogP contribution is -2.43. The average molecular weight is 262 g/mol. The zero-order chi connectivity index (χ0) is 8.91. The Kier molecular flexibility index (Phi) is 6.43. The fraction of sp³-hybridized carbons (Fsp3) is 1.00. The van der Waals surface area contributed by atoms with E-state index in [1.54, 1.807) is 0 Å². The third-order valence-electron chi connectivity index (χ3n) is 0.590. The van der Waals surface area contributed by atoms with Gasteiger partial charge in [-0.15, -0.1) is 0 Å². The second-order valence-electron chi connectivity index (χ2n) is 1.39. The van der Waals surface area contributed by atoms with Crippen LogP contribution in [-0.4, -0.2) is 14.6 Å². The van der Waals surface area contributed by atoms with Crippen molar-refractivity contribution < 1.29 is 16.4 Å². The molecule has 4 nitrogen and oxygen atoms in total. The topological polar surface area (TPSA) is 36.9 Å². The van der Waals surface area contributed by atoms with Crippen molar-refractivity contribution in [3.63, 3.8) is 0 Å². The van der Waals surface area contributed by atoms with Gasteiger partial charge in [0.05, 0.1) is 35.6 Å². The van der Waals surface area contributed by atoms with Crippen molar-refractivity contribution in [1.82, 2.24) is 0 Å². The largest absolute Gasteiger partial charge is 0.731 e. The summed E-state index contributed by atoms with van der Waals surface area (Å²) in [5.41, 5.74) is -0.738. The first kappa shape index (κ1) is 12.2. The molecule has 0 heterocycles. The molecular formula is C2H4Cl4O4Si. The van der Waals surface area contributed by atoms with Crippen LogP contribution in [0.4, 0.5) is 0 Å². The van der Waals surface area contributed by atoms with Crippen LogP contribution >= 0.6 is 47.2 Å². The molecular weight excluding hydrogens is 258 g/mol. The molecule has 0 aliphatic carbocycles. The van der Waals surface area contributed by atoms with Crippen LogP contribution in [0.15, 0.2) is 0 Å². The minimum atomic E-state index is -3.62. The average Bonchev–Trinajstić information content (AvgIpc) is 2.00. The van der Waals surface area contributed by atoms with Crippen LogP contribution in [0.5, 0.6) is 0 Å². The maximum atomic E-state index is 5.39. The zero-order valence-electron chi connectivity index (χ0n) is 5.22. The molecule has 0 spiro atoms. The monoisotopic (exact) mass is 260 g/mol. The van der Waals surface area contributed by atoms with Crippen molar-refractivity contribution in [3.05, 3.63) is 0 Å². The Morgan fingerprint density at radius 2 is 1.45 bits per heavy atom. The summed E-state index contributed by atoms with van der Waals surface area (Å²) in [5.74, 6) is 0. The van der Waals surface area contributed by atoms with Crippen LogP contribution in [-0.2, 0) is 16.4 Å². The Bertz CT molecular complexity index is 100. The van der Waals surface area contributed by atoms with Crippen molar-refractivity contribution in [2.75, 3.05) is 0 Å². The summed E-state index contributed by atoms with van der Waals surface area (Å²) in [4.78, 5) is 0. The predicted octanol–water partition coefficient (Wildman–Crippen LogP) is 2.53. The van der Waals surface area contributed by atoms with E-state index in [-0.39, 0.29) is 0 Å². The first-order chi connectivity index (χ1) is 5.10. The lowest BCUT2D eigenvalue weighted by molar-refractivity contribution is 0.0960. The van der Waals surface area contributed by atoms with Crippen molar-refractivity contribution in [1.29, 1.82) is 0 Å². The Balaban J connectivity index is 4.05. The first-order valence-corrected chi connectivity index (χ1v) is 5.31. The number of rotatable bonds is 5. The van der Waals surface area contributed by atoms with Gasteiger partial charge in [-0.2, -0.15) is 0 Å². The van der Waals surface area contributed by atoms with Gasteiger partial charge in [-0.1, -0.05) is 11.6 Å². The summed E-state index contributed by atoms with van der Waals surface area (Å²) in [6.45, 7) is 1.49. The van der Waals surface area contributed by atoms with E-state index >= 15 is 0 Å². The quantitative estimate of drug-likeness (QED) is 0.563. The minimum Gasteiger partial charge on any atom is -0.332 e. The fourth-order valence-electron chi connectivity index (χ4n) is 0.289. The van der Waals surface area contributed by atoms with Crippen LogP contribution in [0.3, 0.4) is 0 Å². The summed E-state index contributed by atoms with van der Waals surface area (Å²) >= 11 is 20.2. The SMILES string of the molecule is CC(Cl)O[Si](OCl)(OCl)OCl. The summed E-state index contributed by atoms with van der Waals surface area (Å²) in [6.07, 6.45) is 0. The number of halogens is 4. The summed E-state index contributed by atoms with van der Waals surface area (Å²) in [5, 5.41) is 0. The molecule has 0 aromatic carbocycles. The first-order valence-electron chi connectivity index (χ1n) is 2.31. The van der Waals surface area contributed by atoms with Crippen LogP contribution < -0.4 is 0 Å². The number of alkyl halides is 1. The maximum absolute atomic E-state index is 5.39. The molecule has 11 heavy (non-hydrogen) atoms. The van der Waals surface area contributed by atoms with Crippen molar-refractivity contribution in [3.8, 4) is 0 Å². The maximum Gasteiger partial charge on any atom is 0.731 e. The Morgan fingerprint density at radius 1 is 1.09 bits per heavy atom. The standard InChI is InChI=1S/C2H4Cl4O4Si/c1-2(3)7-11(8-4,9-5)10-6/h2H,1H3. The predicted molar refractivity (Wildman–Crippen MR) is 43.0 cm³/mol. The van der Waals surface area contributed by atoms with Gasteiger partial charge < -0.3 is 4.43 Å². The van der Waals surface area contributed by atoms with Crippen LogP contribution in [0.1, 0.15) is 6.92 Å². The molecule has 0 saturated heterocycles. The van der Waals surface area contributed by atoms with Gasteiger partial charge in [0.1, 0.15) is 5.56 Å². The van der Waals surface area contributed by atoms with Crippen LogP contribution in [0.25, 0.3) is 0 Å². The third-order valence-corrected chi connectivity index (χ3v) is 3.74. The molecule has 0 amide bonds. The fourth-order valence-corrected chi connectivity index (χ4v) is 2.38. The second kappa shape index (κ2) is 5.79. The van der Waals surface area contributed by atoms with Crippen LogP contribution in [0.2, 0.25) is 0 Å². The van der Waals surface area contributed by atoms with E-state index in [2.05, 4.69) is 11.9 Å². The van der Waals surface area contributed by atoms with Gasteiger partial charge in [-0.05, 0) is 6.92 Å². The van der Waals surface area contributed by atoms with Gasteiger partial charge in [0.15, 0.2) is 0 Å². The Labute approximate surface area is 85.2 Å². The highest BCUT2D eigenvalue weighted by molar-refractivity contribution is 6.65. The molecule has 1 atom stereocenters. The highest BCUT2D eigenvalue weighted by Gasteiger charge is 2.49. The highest BCUT2D eigenvalue weighted by Crippen LogP contribution is 2.20. The zero-order valence-corrected chi connectivity index (χ0v) is 9.25. The summed E-state index contributed by atoms with van der Waals surface area (Å²) in [7, 11) is -3.62. The van der Waals surface area contributed by atoms with E-state index in [0.717, 1.165) is 0 Å². The van der Waals surface area contributed by atoms with E-state index in [0.29, 0.717) is 0 Å². The third kappa shape index (κ3) is 4.12. The number of hydrogen-bond donors (Lipinski definition) is 0. The molecule has 0 saturated carbocycles. The van der Waals surface area contributed by atoms with Crippen molar-refractivity contribution in [2.45, 2.75) is 12.5 Å². The molecule has 0 aromatic rings. The molecule has 0 aliphatic rings. The highest BCUT2D eigenvalue weighted by atomic mass is 35.5. The van der Waals surface area contributed by atoms with Gasteiger partial charge in [-0.3, -0.25) is 0 Å². The van der Waals surface area contributed by atoms with Crippen LogP contribution in [0, 0.1) is 0 Å². The van der Waals surface area contributed by atoms with Gasteiger partial charge in [-0.25, -0.2) is 11.9 Å². The smallest absolute Gasteiger partial charge is 0.332 e. The molecule has 0 aromatic heterocycles. The van der Waals surface area contributed by atoms with Gasteiger partial charge in [0.2, 0.25) is 0 Å². The molecule has 9 heteroatoms. The molecule has 0 aliphatic heterocycles. The molecule has 0 N–H and O–H groups in total.